The number of anilines is 1. The van der Waals surface area contributed by atoms with Crippen molar-refractivity contribution in [2.24, 2.45) is 0 Å². The third kappa shape index (κ3) is 7.14. The molecule has 0 radical (unpaired) electrons. The number of halogens is 1. The number of carbonyl (C=O) groups excluding carboxylic acids is 1. The summed E-state index contributed by atoms with van der Waals surface area (Å²) in [5.74, 6) is 1.01. The fourth-order valence-corrected chi connectivity index (χ4v) is 3.47. The maximum Gasteiger partial charge on any atom is 0.252 e. The van der Waals surface area contributed by atoms with Crippen molar-refractivity contribution in [2.45, 2.75) is 19.8 Å². The molecule has 0 unspecified atom stereocenters. The van der Waals surface area contributed by atoms with Gasteiger partial charge in [-0.15, -0.1) is 0 Å². The van der Waals surface area contributed by atoms with Crippen LogP contribution in [0.4, 0.5) is 5.69 Å². The van der Waals surface area contributed by atoms with Crippen molar-refractivity contribution < 1.29 is 22.7 Å². The molecule has 2 aromatic rings. The Morgan fingerprint density at radius 1 is 1.14 bits per heavy atom. The van der Waals surface area contributed by atoms with E-state index < -0.39 is 10.0 Å². The third-order valence-corrected chi connectivity index (χ3v) is 4.91. The van der Waals surface area contributed by atoms with E-state index >= 15 is 0 Å². The van der Waals surface area contributed by atoms with Gasteiger partial charge in [-0.1, -0.05) is 17.7 Å². The first-order valence-corrected chi connectivity index (χ1v) is 11.4. The number of carbonyl (C=O) groups is 1. The van der Waals surface area contributed by atoms with E-state index in [2.05, 4.69) is 10.0 Å². The van der Waals surface area contributed by atoms with Crippen molar-refractivity contribution in [3.05, 3.63) is 52.5 Å². The lowest BCUT2D eigenvalue weighted by Gasteiger charge is -2.12. The Kier molecular flexibility index (Phi) is 8.16. The standard InChI is InChI=1S/C20H25ClN2O5S/c1-4-28-18-10-7-14(12-19(18)27-2)6-5-11-22-20(24)16-13-15(8-9-17(16)21)23-29(3,25)26/h7-10,12-13,23H,4-6,11H2,1-3H3,(H,22,24). The summed E-state index contributed by atoms with van der Waals surface area (Å²) >= 11 is 6.08. The quantitative estimate of drug-likeness (QED) is 0.551. The lowest BCUT2D eigenvalue weighted by atomic mass is 10.1. The molecule has 1 amide bonds. The Labute approximate surface area is 176 Å². The largest absolute Gasteiger partial charge is 0.493 e. The van der Waals surface area contributed by atoms with E-state index in [0.29, 0.717) is 31.1 Å². The van der Waals surface area contributed by atoms with Crippen LogP contribution in [0.15, 0.2) is 36.4 Å². The van der Waals surface area contributed by atoms with Gasteiger partial charge in [0.2, 0.25) is 10.0 Å². The molecular weight excluding hydrogens is 416 g/mol. The molecule has 0 heterocycles. The van der Waals surface area contributed by atoms with Crippen molar-refractivity contribution in [3.63, 3.8) is 0 Å². The second kappa shape index (κ2) is 10.4. The molecule has 29 heavy (non-hydrogen) atoms. The Balaban J connectivity index is 1.92. The molecule has 0 saturated heterocycles. The van der Waals surface area contributed by atoms with E-state index in [4.69, 9.17) is 21.1 Å². The molecule has 0 fully saturated rings. The van der Waals surface area contributed by atoms with Crippen molar-refractivity contribution in [1.82, 2.24) is 5.32 Å². The molecule has 0 aliphatic rings. The van der Waals surface area contributed by atoms with Crippen molar-refractivity contribution >= 4 is 33.2 Å². The minimum Gasteiger partial charge on any atom is -0.493 e. The second-order valence-electron chi connectivity index (χ2n) is 6.35. The Hall–Kier alpha value is -2.45. The monoisotopic (exact) mass is 440 g/mol. The summed E-state index contributed by atoms with van der Waals surface area (Å²) in [5.41, 5.74) is 1.56. The summed E-state index contributed by atoms with van der Waals surface area (Å²) < 4.78 is 35.9. The minimum atomic E-state index is -3.44. The summed E-state index contributed by atoms with van der Waals surface area (Å²) in [6.45, 7) is 2.91. The molecule has 9 heteroatoms. The highest BCUT2D eigenvalue weighted by atomic mass is 35.5. The van der Waals surface area contributed by atoms with Gasteiger partial charge in [0, 0.05) is 12.2 Å². The average molecular weight is 441 g/mol. The van der Waals surface area contributed by atoms with E-state index in [1.165, 1.54) is 18.2 Å². The van der Waals surface area contributed by atoms with Gasteiger partial charge in [-0.3, -0.25) is 9.52 Å². The molecule has 0 aromatic heterocycles. The number of ether oxygens (including phenoxy) is 2. The molecule has 0 saturated carbocycles. The van der Waals surface area contributed by atoms with Gasteiger partial charge in [-0.25, -0.2) is 8.42 Å². The van der Waals surface area contributed by atoms with Crippen LogP contribution in [-0.2, 0) is 16.4 Å². The van der Waals surface area contributed by atoms with Gasteiger partial charge in [-0.2, -0.15) is 0 Å². The Morgan fingerprint density at radius 2 is 1.90 bits per heavy atom. The van der Waals surface area contributed by atoms with Crippen LogP contribution in [-0.4, -0.2) is 40.8 Å². The minimum absolute atomic E-state index is 0.211. The molecule has 2 N–H and O–H groups in total. The van der Waals surface area contributed by atoms with Crippen LogP contribution < -0.4 is 19.5 Å². The third-order valence-electron chi connectivity index (χ3n) is 3.97. The first-order chi connectivity index (χ1) is 13.7. The van der Waals surface area contributed by atoms with Crippen LogP contribution in [0.25, 0.3) is 0 Å². The predicted octanol–water partition coefficient (Wildman–Crippen LogP) is 3.48. The fraction of sp³-hybridized carbons (Fsp3) is 0.350. The SMILES string of the molecule is CCOc1ccc(CCCNC(=O)c2cc(NS(C)(=O)=O)ccc2Cl)cc1OC. The number of hydrogen-bond acceptors (Lipinski definition) is 5. The molecule has 7 nitrogen and oxygen atoms in total. The second-order valence-corrected chi connectivity index (χ2v) is 8.50. The highest BCUT2D eigenvalue weighted by Gasteiger charge is 2.13. The van der Waals surface area contributed by atoms with E-state index in [0.717, 1.165) is 18.2 Å². The van der Waals surface area contributed by atoms with Crippen LogP contribution >= 0.6 is 11.6 Å². The van der Waals surface area contributed by atoms with Crippen molar-refractivity contribution in [2.75, 3.05) is 31.2 Å². The number of rotatable bonds is 10. The number of sulfonamides is 1. The molecule has 0 atom stereocenters. The molecule has 2 rings (SSSR count). The normalized spacial score (nSPS) is 11.0. The van der Waals surface area contributed by atoms with Gasteiger partial charge in [0.05, 0.1) is 30.6 Å². The summed E-state index contributed by atoms with van der Waals surface area (Å²) in [6, 6.07) is 10.2. The van der Waals surface area contributed by atoms with Gasteiger partial charge in [-0.05, 0) is 55.7 Å². The number of nitrogens with one attached hydrogen (secondary N) is 2. The van der Waals surface area contributed by atoms with E-state index in [1.54, 1.807) is 7.11 Å². The van der Waals surface area contributed by atoms with Gasteiger partial charge >= 0.3 is 0 Å². The number of aryl methyl sites for hydroxylation is 1. The molecule has 158 valence electrons. The number of benzene rings is 2. The summed E-state index contributed by atoms with van der Waals surface area (Å²) in [4.78, 5) is 12.4. The first kappa shape index (κ1) is 22.8. The van der Waals surface area contributed by atoms with Crippen LogP contribution in [0.2, 0.25) is 5.02 Å². The highest BCUT2D eigenvalue weighted by molar-refractivity contribution is 7.92. The van der Waals surface area contributed by atoms with Gasteiger partial charge in [0.15, 0.2) is 11.5 Å². The number of amides is 1. The molecule has 0 aliphatic carbocycles. The maximum absolute atomic E-state index is 12.4. The lowest BCUT2D eigenvalue weighted by Crippen LogP contribution is -2.25. The van der Waals surface area contributed by atoms with E-state index in [-0.39, 0.29) is 22.2 Å². The average Bonchev–Trinajstić information content (AvgIpc) is 2.66. The topological polar surface area (TPSA) is 93.7 Å². The van der Waals surface area contributed by atoms with E-state index in [1.807, 2.05) is 25.1 Å². The molecular formula is C20H25ClN2O5S. The highest BCUT2D eigenvalue weighted by Crippen LogP contribution is 2.28. The first-order valence-electron chi connectivity index (χ1n) is 9.08. The zero-order valence-corrected chi connectivity index (χ0v) is 18.2. The number of methoxy groups -OCH3 is 1. The van der Waals surface area contributed by atoms with Crippen LogP contribution in [0.1, 0.15) is 29.3 Å². The smallest absolute Gasteiger partial charge is 0.252 e. The van der Waals surface area contributed by atoms with E-state index in [9.17, 15) is 13.2 Å². The predicted molar refractivity (Wildman–Crippen MR) is 115 cm³/mol. The summed E-state index contributed by atoms with van der Waals surface area (Å²) in [5, 5.41) is 3.05. The van der Waals surface area contributed by atoms with Crippen LogP contribution in [0, 0.1) is 0 Å². The molecule has 2 aromatic carbocycles. The Bertz CT molecular complexity index is 963. The number of hydrogen-bond donors (Lipinski definition) is 2. The van der Waals surface area contributed by atoms with Crippen LogP contribution in [0.5, 0.6) is 11.5 Å². The molecule has 0 spiro atoms. The summed E-state index contributed by atoms with van der Waals surface area (Å²) in [6.07, 6.45) is 2.49. The van der Waals surface area contributed by atoms with Crippen LogP contribution in [0.3, 0.4) is 0 Å². The fourth-order valence-electron chi connectivity index (χ4n) is 2.71. The zero-order valence-electron chi connectivity index (χ0n) is 16.6. The van der Waals surface area contributed by atoms with Gasteiger partial charge in [0.1, 0.15) is 0 Å². The molecule has 0 bridgehead atoms. The van der Waals surface area contributed by atoms with Gasteiger partial charge < -0.3 is 14.8 Å². The zero-order chi connectivity index (χ0) is 21.4. The van der Waals surface area contributed by atoms with Crippen molar-refractivity contribution in [1.29, 1.82) is 0 Å². The van der Waals surface area contributed by atoms with Gasteiger partial charge in [0.25, 0.3) is 5.91 Å². The lowest BCUT2D eigenvalue weighted by molar-refractivity contribution is 0.0953. The summed E-state index contributed by atoms with van der Waals surface area (Å²) in [7, 11) is -1.85. The Morgan fingerprint density at radius 3 is 2.55 bits per heavy atom. The maximum atomic E-state index is 12.4. The molecule has 0 aliphatic heterocycles. The van der Waals surface area contributed by atoms with Crippen molar-refractivity contribution in [3.8, 4) is 11.5 Å².